The van der Waals surface area contributed by atoms with Gasteiger partial charge in [-0.05, 0) is 82.2 Å². The lowest BCUT2D eigenvalue weighted by atomic mass is 9.73. The summed E-state index contributed by atoms with van der Waals surface area (Å²) in [5, 5.41) is 29.7. The zero-order valence-corrected chi connectivity index (χ0v) is 25.1. The highest BCUT2D eigenvalue weighted by Crippen LogP contribution is 2.45. The van der Waals surface area contributed by atoms with Crippen LogP contribution in [0.5, 0.6) is 11.5 Å². The van der Waals surface area contributed by atoms with E-state index < -0.39 is 29.5 Å². The first-order valence-corrected chi connectivity index (χ1v) is 15.5. The van der Waals surface area contributed by atoms with Gasteiger partial charge in [0, 0.05) is 39.3 Å². The molecule has 0 aromatic heterocycles. The molecule has 4 unspecified atom stereocenters. The van der Waals surface area contributed by atoms with Crippen molar-refractivity contribution >= 4 is 6.03 Å². The number of unbranched alkanes of at least 4 members (excludes halogenated alkanes) is 1. The Kier molecular flexibility index (Phi) is 12.0. The van der Waals surface area contributed by atoms with Crippen LogP contribution in [0, 0.1) is 17.7 Å². The summed E-state index contributed by atoms with van der Waals surface area (Å²) in [6, 6.07) is 13.1. The molecule has 1 aliphatic heterocycles. The Balaban J connectivity index is 1.57. The van der Waals surface area contributed by atoms with E-state index in [1.54, 1.807) is 36.3 Å². The zero-order valence-electron chi connectivity index (χ0n) is 25.1. The van der Waals surface area contributed by atoms with Crippen molar-refractivity contribution in [1.29, 1.82) is 0 Å². The van der Waals surface area contributed by atoms with Gasteiger partial charge in [-0.2, -0.15) is 0 Å². The highest BCUT2D eigenvalue weighted by molar-refractivity contribution is 5.74. The van der Waals surface area contributed by atoms with Crippen molar-refractivity contribution < 1.29 is 28.9 Å². The fourth-order valence-corrected chi connectivity index (χ4v) is 6.70. The van der Waals surface area contributed by atoms with E-state index in [9.17, 15) is 15.0 Å². The molecule has 42 heavy (non-hydrogen) atoms. The highest BCUT2D eigenvalue weighted by Gasteiger charge is 2.45. The molecule has 0 spiro atoms. The molecule has 1 saturated carbocycles. The Morgan fingerprint density at radius 3 is 2.57 bits per heavy atom. The number of likely N-dealkylation sites (N-methyl/N-ethyl adjacent to an activating group) is 1. The Hall–Kier alpha value is -2.72. The molecule has 0 radical (unpaired) electrons. The average molecular weight is 586 g/mol. The van der Waals surface area contributed by atoms with Gasteiger partial charge in [0.1, 0.15) is 22.9 Å². The van der Waals surface area contributed by atoms with Gasteiger partial charge >= 0.3 is 6.03 Å². The molecule has 1 heterocycles. The SMILES string of the molecule is CNCC(NC(=O)N1CCCC(C(O)(CCCCOC)c2c(F)cccc2Oc2ccccc2)C1)C(O)C1CCCC1. The predicted molar refractivity (Wildman–Crippen MR) is 161 cm³/mol. The monoisotopic (exact) mass is 585 g/mol. The van der Waals surface area contributed by atoms with E-state index in [0.29, 0.717) is 57.6 Å². The number of methoxy groups -OCH3 is 1. The lowest BCUT2D eigenvalue weighted by Gasteiger charge is -2.43. The molecule has 2 fully saturated rings. The second kappa shape index (κ2) is 15.7. The number of halogens is 1. The molecule has 232 valence electrons. The van der Waals surface area contributed by atoms with Gasteiger partial charge in [-0.15, -0.1) is 0 Å². The van der Waals surface area contributed by atoms with Crippen LogP contribution in [-0.4, -0.2) is 73.7 Å². The minimum atomic E-state index is -1.57. The van der Waals surface area contributed by atoms with E-state index in [-0.39, 0.29) is 29.8 Å². The van der Waals surface area contributed by atoms with Crippen molar-refractivity contribution in [3.8, 4) is 11.5 Å². The van der Waals surface area contributed by atoms with Crippen LogP contribution in [0.15, 0.2) is 48.5 Å². The quantitative estimate of drug-likeness (QED) is 0.228. The lowest BCUT2D eigenvalue weighted by molar-refractivity contribution is -0.0602. The van der Waals surface area contributed by atoms with E-state index in [1.165, 1.54) is 6.07 Å². The van der Waals surface area contributed by atoms with Gasteiger partial charge in [-0.1, -0.05) is 37.1 Å². The van der Waals surface area contributed by atoms with E-state index in [0.717, 1.165) is 25.7 Å². The van der Waals surface area contributed by atoms with Crippen molar-refractivity contribution in [3.63, 3.8) is 0 Å². The van der Waals surface area contributed by atoms with Crippen molar-refractivity contribution in [2.45, 2.75) is 75.5 Å². The molecule has 2 aliphatic rings. The molecule has 1 aliphatic carbocycles. The minimum absolute atomic E-state index is 0.128. The predicted octanol–water partition coefficient (Wildman–Crippen LogP) is 5.18. The number of para-hydroxylation sites is 1. The van der Waals surface area contributed by atoms with Crippen LogP contribution in [0.4, 0.5) is 9.18 Å². The van der Waals surface area contributed by atoms with Gasteiger partial charge in [0.2, 0.25) is 0 Å². The summed E-state index contributed by atoms with van der Waals surface area (Å²) in [6.45, 7) is 1.78. The Morgan fingerprint density at radius 2 is 1.86 bits per heavy atom. The molecule has 4 atom stereocenters. The van der Waals surface area contributed by atoms with E-state index in [2.05, 4.69) is 10.6 Å². The first kappa shape index (κ1) is 32.2. The van der Waals surface area contributed by atoms with E-state index in [1.807, 2.05) is 25.2 Å². The Labute approximate surface area is 249 Å². The smallest absolute Gasteiger partial charge is 0.317 e. The number of aliphatic hydroxyl groups is 2. The molecule has 4 N–H and O–H groups in total. The van der Waals surface area contributed by atoms with Gasteiger partial charge in [0.25, 0.3) is 0 Å². The van der Waals surface area contributed by atoms with Gasteiger partial charge in [0.15, 0.2) is 0 Å². The number of carbonyl (C=O) groups is 1. The molecule has 4 rings (SSSR count). The Morgan fingerprint density at radius 1 is 1.10 bits per heavy atom. The molecule has 2 amide bonds. The second-order valence-electron chi connectivity index (χ2n) is 11.8. The van der Waals surface area contributed by atoms with E-state index in [4.69, 9.17) is 9.47 Å². The number of rotatable bonds is 14. The standard InChI is InChI=1S/C33H48FN3O5/c1-35-22-28(31(38)24-12-6-7-13-24)36-32(39)37-20-11-14-25(23-37)33(40,19-8-9-21-41-2)30-27(34)17-10-18-29(30)42-26-15-4-3-5-16-26/h3-5,10,15-18,24-25,28,31,35,38,40H,6-9,11-14,19-23H2,1-2H3,(H,36,39). The number of likely N-dealkylation sites (tertiary alicyclic amines) is 1. The fourth-order valence-electron chi connectivity index (χ4n) is 6.70. The summed E-state index contributed by atoms with van der Waals surface area (Å²) in [5.74, 6) is 0.0436. The molecule has 8 nitrogen and oxygen atoms in total. The van der Waals surface area contributed by atoms with Gasteiger partial charge in [-0.3, -0.25) is 0 Å². The number of hydrogen-bond donors (Lipinski definition) is 4. The summed E-state index contributed by atoms with van der Waals surface area (Å²) >= 11 is 0. The third-order valence-electron chi connectivity index (χ3n) is 8.95. The molecule has 2 aromatic rings. The highest BCUT2D eigenvalue weighted by atomic mass is 19.1. The van der Waals surface area contributed by atoms with Crippen molar-refractivity contribution in [2.75, 3.05) is 40.4 Å². The normalized spacial score (nSPS) is 20.6. The summed E-state index contributed by atoms with van der Waals surface area (Å²) in [5.41, 5.74) is -1.45. The maximum Gasteiger partial charge on any atom is 0.317 e. The van der Waals surface area contributed by atoms with E-state index >= 15 is 4.39 Å². The number of nitrogens with zero attached hydrogens (tertiary/aromatic N) is 1. The third-order valence-corrected chi connectivity index (χ3v) is 8.95. The van der Waals surface area contributed by atoms with Crippen LogP contribution >= 0.6 is 0 Å². The summed E-state index contributed by atoms with van der Waals surface area (Å²) in [4.78, 5) is 15.3. The number of ether oxygens (including phenoxy) is 2. The maximum absolute atomic E-state index is 15.7. The number of benzene rings is 2. The number of piperidine rings is 1. The van der Waals surface area contributed by atoms with Gasteiger partial charge < -0.3 is 35.2 Å². The zero-order chi connectivity index (χ0) is 30.0. The number of carbonyl (C=O) groups excluding carboxylic acids is 1. The Bertz CT molecular complexity index is 1120. The van der Waals surface area contributed by atoms with Crippen LogP contribution in [-0.2, 0) is 10.3 Å². The second-order valence-corrected chi connectivity index (χ2v) is 11.8. The van der Waals surface area contributed by atoms with Crippen LogP contribution in [0.1, 0.15) is 63.4 Å². The first-order valence-electron chi connectivity index (χ1n) is 15.5. The molecular formula is C33H48FN3O5. The maximum atomic E-state index is 15.7. The topological polar surface area (TPSA) is 103 Å². The number of urea groups is 1. The minimum Gasteiger partial charge on any atom is -0.457 e. The van der Waals surface area contributed by atoms with Crippen LogP contribution < -0.4 is 15.4 Å². The van der Waals surface area contributed by atoms with Crippen LogP contribution in [0.2, 0.25) is 0 Å². The van der Waals surface area contributed by atoms with Crippen molar-refractivity contribution in [1.82, 2.24) is 15.5 Å². The molecule has 0 bridgehead atoms. The number of hydrogen-bond acceptors (Lipinski definition) is 6. The molecule has 1 saturated heterocycles. The number of amides is 2. The summed E-state index contributed by atoms with van der Waals surface area (Å²) in [6.07, 6.45) is 6.44. The largest absolute Gasteiger partial charge is 0.457 e. The first-order chi connectivity index (χ1) is 20.4. The third kappa shape index (κ3) is 8.01. The average Bonchev–Trinajstić information content (AvgIpc) is 3.55. The summed E-state index contributed by atoms with van der Waals surface area (Å²) in [7, 11) is 3.45. The van der Waals surface area contributed by atoms with Crippen LogP contribution in [0.25, 0.3) is 0 Å². The number of aliphatic hydroxyl groups excluding tert-OH is 1. The van der Waals surface area contributed by atoms with Crippen LogP contribution in [0.3, 0.4) is 0 Å². The van der Waals surface area contributed by atoms with Crippen molar-refractivity contribution in [3.05, 3.63) is 59.9 Å². The molecule has 9 heteroatoms. The fraction of sp³-hybridized carbons (Fsp3) is 0.606. The molecule has 2 aromatic carbocycles. The lowest BCUT2D eigenvalue weighted by Crippen LogP contribution is -2.57. The van der Waals surface area contributed by atoms with Crippen molar-refractivity contribution in [2.24, 2.45) is 11.8 Å². The van der Waals surface area contributed by atoms with Gasteiger partial charge in [0.05, 0.1) is 17.7 Å². The molecular weight excluding hydrogens is 537 g/mol. The summed E-state index contributed by atoms with van der Waals surface area (Å²) < 4.78 is 27.1. The van der Waals surface area contributed by atoms with Gasteiger partial charge in [-0.25, -0.2) is 9.18 Å². The number of nitrogens with one attached hydrogen (secondary N) is 2.